The minimum absolute atomic E-state index is 0.234. The van der Waals surface area contributed by atoms with Gasteiger partial charge in [-0.05, 0) is 29.8 Å². The fraction of sp³-hybridized carbons (Fsp3) is 0.0556. The van der Waals surface area contributed by atoms with E-state index in [1.807, 2.05) is 0 Å². The van der Waals surface area contributed by atoms with Gasteiger partial charge in [-0.2, -0.15) is 0 Å². The molecular formula is C18H14FN3O. The Balaban J connectivity index is 1.77. The summed E-state index contributed by atoms with van der Waals surface area (Å²) in [4.78, 5) is 20.1. The fourth-order valence-corrected chi connectivity index (χ4v) is 2.22. The third-order valence-corrected chi connectivity index (χ3v) is 3.38. The van der Waals surface area contributed by atoms with Crippen LogP contribution in [0.5, 0.6) is 0 Å². The maximum atomic E-state index is 13.9. The van der Waals surface area contributed by atoms with Gasteiger partial charge in [0.15, 0.2) is 0 Å². The topological polar surface area (TPSA) is 54.9 Å². The molecule has 0 fully saturated rings. The van der Waals surface area contributed by atoms with Gasteiger partial charge in [0.1, 0.15) is 12.1 Å². The summed E-state index contributed by atoms with van der Waals surface area (Å²) in [6, 6.07) is 15.1. The summed E-state index contributed by atoms with van der Waals surface area (Å²) in [6.07, 6.45) is 3.05. The van der Waals surface area contributed by atoms with E-state index in [2.05, 4.69) is 15.3 Å². The van der Waals surface area contributed by atoms with Gasteiger partial charge in [0, 0.05) is 17.3 Å². The minimum atomic E-state index is -0.314. The monoisotopic (exact) mass is 307 g/mol. The van der Waals surface area contributed by atoms with Crippen LogP contribution < -0.4 is 5.32 Å². The molecule has 0 bridgehead atoms. The van der Waals surface area contributed by atoms with Crippen LogP contribution in [0.15, 0.2) is 67.1 Å². The molecule has 0 saturated heterocycles. The predicted molar refractivity (Wildman–Crippen MR) is 85.0 cm³/mol. The van der Waals surface area contributed by atoms with Crippen molar-refractivity contribution in [2.24, 2.45) is 0 Å². The highest BCUT2D eigenvalue weighted by Gasteiger charge is 2.09. The van der Waals surface area contributed by atoms with Gasteiger partial charge in [-0.1, -0.05) is 30.3 Å². The highest BCUT2D eigenvalue weighted by Crippen LogP contribution is 2.23. The molecule has 23 heavy (non-hydrogen) atoms. The number of halogens is 1. The van der Waals surface area contributed by atoms with E-state index in [9.17, 15) is 9.18 Å². The number of hydrogen-bond acceptors (Lipinski definition) is 3. The Labute approximate surface area is 133 Å². The molecule has 0 aliphatic rings. The van der Waals surface area contributed by atoms with E-state index in [4.69, 9.17) is 0 Å². The number of carbonyl (C=O) groups excluding carboxylic acids is 1. The lowest BCUT2D eigenvalue weighted by Crippen LogP contribution is -2.23. The normalized spacial score (nSPS) is 10.3. The number of hydrogen-bond donors (Lipinski definition) is 1. The van der Waals surface area contributed by atoms with Gasteiger partial charge in [0.25, 0.3) is 5.91 Å². The lowest BCUT2D eigenvalue weighted by atomic mass is 10.0. The van der Waals surface area contributed by atoms with E-state index < -0.39 is 0 Å². The number of amides is 1. The molecule has 1 amide bonds. The van der Waals surface area contributed by atoms with Crippen molar-refractivity contribution >= 4 is 5.91 Å². The van der Waals surface area contributed by atoms with Crippen molar-refractivity contribution in [2.45, 2.75) is 6.54 Å². The molecule has 0 unspecified atom stereocenters. The first kappa shape index (κ1) is 14.8. The van der Waals surface area contributed by atoms with Crippen molar-refractivity contribution in [3.8, 4) is 11.1 Å². The SMILES string of the molecule is O=C(NCc1ccncn1)c1cccc(-c2ccccc2F)c1. The van der Waals surface area contributed by atoms with Crippen LogP contribution in [0.2, 0.25) is 0 Å². The standard InChI is InChI=1S/C18H14FN3O/c19-17-7-2-1-6-16(17)13-4-3-5-14(10-13)18(23)21-11-15-8-9-20-12-22-15/h1-10,12H,11H2,(H,21,23). The smallest absolute Gasteiger partial charge is 0.251 e. The Morgan fingerprint density at radius 2 is 1.96 bits per heavy atom. The van der Waals surface area contributed by atoms with Crippen molar-refractivity contribution in [3.63, 3.8) is 0 Å². The molecule has 0 radical (unpaired) electrons. The average Bonchev–Trinajstić information content (AvgIpc) is 2.61. The van der Waals surface area contributed by atoms with Crippen LogP contribution in [0, 0.1) is 5.82 Å². The quantitative estimate of drug-likeness (QED) is 0.805. The Hall–Kier alpha value is -3.08. The van der Waals surface area contributed by atoms with E-state index in [1.165, 1.54) is 12.4 Å². The minimum Gasteiger partial charge on any atom is -0.346 e. The molecule has 4 nitrogen and oxygen atoms in total. The van der Waals surface area contributed by atoms with Crippen LogP contribution >= 0.6 is 0 Å². The number of aromatic nitrogens is 2. The van der Waals surface area contributed by atoms with Crippen LogP contribution in [0.3, 0.4) is 0 Å². The Morgan fingerprint density at radius 3 is 2.74 bits per heavy atom. The molecule has 1 N–H and O–H groups in total. The van der Waals surface area contributed by atoms with Crippen LogP contribution in [0.25, 0.3) is 11.1 Å². The molecule has 1 aromatic heterocycles. The number of carbonyl (C=O) groups is 1. The van der Waals surface area contributed by atoms with Crippen LogP contribution in [-0.4, -0.2) is 15.9 Å². The van der Waals surface area contributed by atoms with Gasteiger partial charge in [-0.15, -0.1) is 0 Å². The van der Waals surface area contributed by atoms with Crippen molar-refractivity contribution in [3.05, 3.63) is 84.2 Å². The molecule has 114 valence electrons. The largest absolute Gasteiger partial charge is 0.346 e. The lowest BCUT2D eigenvalue weighted by Gasteiger charge is -2.07. The summed E-state index contributed by atoms with van der Waals surface area (Å²) in [7, 11) is 0. The fourth-order valence-electron chi connectivity index (χ4n) is 2.22. The molecule has 0 aliphatic carbocycles. The van der Waals surface area contributed by atoms with Crippen molar-refractivity contribution < 1.29 is 9.18 Å². The highest BCUT2D eigenvalue weighted by molar-refractivity contribution is 5.95. The summed E-state index contributed by atoms with van der Waals surface area (Å²) in [5, 5.41) is 2.79. The number of rotatable bonds is 4. The maximum Gasteiger partial charge on any atom is 0.251 e. The Bertz CT molecular complexity index is 821. The van der Waals surface area contributed by atoms with Gasteiger partial charge in [-0.3, -0.25) is 4.79 Å². The second kappa shape index (κ2) is 6.79. The molecule has 2 aromatic carbocycles. The summed E-state index contributed by atoms with van der Waals surface area (Å²) in [6.45, 7) is 0.311. The van der Waals surface area contributed by atoms with E-state index >= 15 is 0 Å². The van der Waals surface area contributed by atoms with E-state index in [0.717, 1.165) is 5.69 Å². The van der Waals surface area contributed by atoms with E-state index in [0.29, 0.717) is 23.2 Å². The molecule has 0 atom stereocenters. The van der Waals surface area contributed by atoms with Gasteiger partial charge in [-0.25, -0.2) is 14.4 Å². The number of benzene rings is 2. The lowest BCUT2D eigenvalue weighted by molar-refractivity contribution is 0.0950. The van der Waals surface area contributed by atoms with Gasteiger partial charge in [0.05, 0.1) is 12.2 Å². The van der Waals surface area contributed by atoms with Crippen molar-refractivity contribution in [2.75, 3.05) is 0 Å². The number of nitrogens with zero attached hydrogens (tertiary/aromatic N) is 2. The van der Waals surface area contributed by atoms with E-state index in [1.54, 1.807) is 54.7 Å². The van der Waals surface area contributed by atoms with Crippen LogP contribution in [0.4, 0.5) is 4.39 Å². The second-order valence-corrected chi connectivity index (χ2v) is 4.94. The van der Waals surface area contributed by atoms with Gasteiger partial charge < -0.3 is 5.32 Å². The van der Waals surface area contributed by atoms with E-state index in [-0.39, 0.29) is 11.7 Å². The third-order valence-electron chi connectivity index (χ3n) is 3.38. The summed E-state index contributed by atoms with van der Waals surface area (Å²) >= 11 is 0. The molecule has 1 heterocycles. The molecule has 3 rings (SSSR count). The van der Waals surface area contributed by atoms with Crippen LogP contribution in [0.1, 0.15) is 16.1 Å². The second-order valence-electron chi connectivity index (χ2n) is 4.94. The first-order chi connectivity index (χ1) is 11.2. The average molecular weight is 307 g/mol. The first-order valence-corrected chi connectivity index (χ1v) is 7.12. The predicted octanol–water partition coefficient (Wildman–Crippen LogP) is 3.21. The summed E-state index contributed by atoms with van der Waals surface area (Å²) in [5.41, 5.74) is 2.33. The summed E-state index contributed by atoms with van der Waals surface area (Å²) < 4.78 is 13.9. The Morgan fingerprint density at radius 1 is 1.09 bits per heavy atom. The third kappa shape index (κ3) is 3.58. The number of nitrogens with one attached hydrogen (secondary N) is 1. The molecule has 0 spiro atoms. The molecule has 5 heteroatoms. The van der Waals surface area contributed by atoms with Crippen molar-refractivity contribution in [1.82, 2.24) is 15.3 Å². The zero-order valence-corrected chi connectivity index (χ0v) is 12.2. The van der Waals surface area contributed by atoms with Crippen molar-refractivity contribution in [1.29, 1.82) is 0 Å². The Kier molecular flexibility index (Phi) is 4.38. The zero-order chi connectivity index (χ0) is 16.1. The summed E-state index contributed by atoms with van der Waals surface area (Å²) in [5.74, 6) is -0.548. The van der Waals surface area contributed by atoms with Gasteiger partial charge in [0.2, 0.25) is 0 Å². The highest BCUT2D eigenvalue weighted by atomic mass is 19.1. The molecule has 0 saturated carbocycles. The maximum absolute atomic E-state index is 13.9. The zero-order valence-electron chi connectivity index (χ0n) is 12.2. The van der Waals surface area contributed by atoms with Crippen LogP contribution in [-0.2, 0) is 6.54 Å². The first-order valence-electron chi connectivity index (χ1n) is 7.12. The molecule has 3 aromatic rings. The molecule has 0 aliphatic heterocycles. The molecular weight excluding hydrogens is 293 g/mol. The van der Waals surface area contributed by atoms with Gasteiger partial charge >= 0.3 is 0 Å².